The number of fused-ring (bicyclic) bond motifs is 1. The molecule has 3 heteroatoms. The molecule has 0 radical (unpaired) electrons. The molecule has 3 rings (SSSR count). The van der Waals surface area contributed by atoms with Crippen LogP contribution in [0, 0.1) is 0 Å². The monoisotopic (exact) mass is 336 g/mol. The van der Waals surface area contributed by atoms with Gasteiger partial charge < -0.3 is 10.2 Å². The van der Waals surface area contributed by atoms with E-state index in [2.05, 4.69) is 68.6 Å². The molecule has 1 amide bonds. The zero-order valence-corrected chi connectivity index (χ0v) is 15.5. The zero-order chi connectivity index (χ0) is 17.9. The highest BCUT2D eigenvalue weighted by Crippen LogP contribution is 2.27. The van der Waals surface area contributed by atoms with Gasteiger partial charge in [0.2, 0.25) is 5.91 Å². The van der Waals surface area contributed by atoms with E-state index >= 15 is 0 Å². The van der Waals surface area contributed by atoms with Gasteiger partial charge in [0.1, 0.15) is 0 Å². The van der Waals surface area contributed by atoms with E-state index in [-0.39, 0.29) is 11.3 Å². The molecule has 0 saturated heterocycles. The van der Waals surface area contributed by atoms with Gasteiger partial charge in [-0.3, -0.25) is 4.79 Å². The summed E-state index contributed by atoms with van der Waals surface area (Å²) in [6, 6.07) is 16.8. The lowest BCUT2D eigenvalue weighted by molar-refractivity contribution is -0.118. The van der Waals surface area contributed by atoms with Crippen LogP contribution in [0.5, 0.6) is 0 Å². The van der Waals surface area contributed by atoms with Gasteiger partial charge in [-0.1, -0.05) is 51.1 Å². The minimum absolute atomic E-state index is 0.163. The largest absolute Gasteiger partial charge is 0.385 e. The fourth-order valence-electron chi connectivity index (χ4n) is 3.33. The van der Waals surface area contributed by atoms with Crippen LogP contribution in [0.4, 0.5) is 11.4 Å². The number of nitrogens with one attached hydrogen (secondary N) is 1. The Morgan fingerprint density at radius 2 is 1.80 bits per heavy atom. The molecule has 0 spiro atoms. The first-order valence-corrected chi connectivity index (χ1v) is 9.18. The lowest BCUT2D eigenvalue weighted by Crippen LogP contribution is -2.36. The van der Waals surface area contributed by atoms with E-state index in [0.29, 0.717) is 13.0 Å². The minimum Gasteiger partial charge on any atom is -0.385 e. The highest BCUT2D eigenvalue weighted by Gasteiger charge is 2.21. The Balaban J connectivity index is 1.55. The highest BCUT2D eigenvalue weighted by atomic mass is 16.2. The minimum atomic E-state index is 0.163. The van der Waals surface area contributed by atoms with Crippen LogP contribution in [0.1, 0.15) is 44.7 Å². The van der Waals surface area contributed by atoms with Gasteiger partial charge in [0.05, 0.1) is 0 Å². The lowest BCUT2D eigenvalue weighted by atomic mass is 9.87. The third-order valence-electron chi connectivity index (χ3n) is 4.83. The fraction of sp³-hybridized carbons (Fsp3) is 0.409. The molecule has 0 aliphatic carbocycles. The van der Waals surface area contributed by atoms with Crippen molar-refractivity contribution in [2.75, 3.05) is 23.3 Å². The molecule has 2 aromatic rings. The number of aryl methyl sites for hydroxylation is 1. The van der Waals surface area contributed by atoms with E-state index in [9.17, 15) is 4.79 Å². The van der Waals surface area contributed by atoms with Gasteiger partial charge in [-0.05, 0) is 47.6 Å². The molecule has 0 bridgehead atoms. The van der Waals surface area contributed by atoms with Crippen molar-refractivity contribution in [3.63, 3.8) is 0 Å². The van der Waals surface area contributed by atoms with Gasteiger partial charge in [-0.15, -0.1) is 0 Å². The smallest absolute Gasteiger partial charge is 0.228 e. The van der Waals surface area contributed by atoms with E-state index in [0.717, 1.165) is 30.8 Å². The maximum absolute atomic E-state index is 12.6. The summed E-state index contributed by atoms with van der Waals surface area (Å²) < 4.78 is 0. The number of benzene rings is 2. The van der Waals surface area contributed by atoms with Gasteiger partial charge in [0.25, 0.3) is 0 Å². The Morgan fingerprint density at radius 1 is 1.08 bits per heavy atom. The van der Waals surface area contributed by atoms with Gasteiger partial charge >= 0.3 is 0 Å². The fourth-order valence-corrected chi connectivity index (χ4v) is 3.33. The second kappa shape index (κ2) is 7.30. The van der Waals surface area contributed by atoms with Crippen molar-refractivity contribution in [3.05, 3.63) is 59.7 Å². The van der Waals surface area contributed by atoms with Crippen LogP contribution >= 0.6 is 0 Å². The van der Waals surface area contributed by atoms with Crippen molar-refractivity contribution in [2.45, 2.75) is 45.4 Å². The maximum Gasteiger partial charge on any atom is 0.228 e. The number of rotatable bonds is 4. The van der Waals surface area contributed by atoms with Gasteiger partial charge in [-0.2, -0.15) is 0 Å². The molecule has 1 aliphatic heterocycles. The second-order valence-corrected chi connectivity index (χ2v) is 7.78. The predicted molar refractivity (Wildman–Crippen MR) is 105 cm³/mol. The number of carbonyl (C=O) groups is 1. The van der Waals surface area contributed by atoms with Gasteiger partial charge in [0.15, 0.2) is 0 Å². The molecule has 0 aromatic heterocycles. The molecule has 1 heterocycles. The summed E-state index contributed by atoms with van der Waals surface area (Å²) in [4.78, 5) is 14.6. The summed E-state index contributed by atoms with van der Waals surface area (Å²) in [5.41, 5.74) is 4.93. The molecule has 2 aromatic carbocycles. The number of amides is 1. The van der Waals surface area contributed by atoms with Crippen LogP contribution in [0.25, 0.3) is 0 Å². The van der Waals surface area contributed by atoms with E-state index in [1.807, 2.05) is 11.0 Å². The first-order chi connectivity index (χ1) is 11.9. The summed E-state index contributed by atoms with van der Waals surface area (Å²) in [5.74, 6) is 0.200. The second-order valence-electron chi connectivity index (χ2n) is 7.78. The molecule has 1 aliphatic rings. The van der Waals surface area contributed by atoms with Crippen LogP contribution in [-0.2, 0) is 16.6 Å². The quantitative estimate of drug-likeness (QED) is 0.872. The standard InChI is InChI=1S/C22H28N2O/c1-22(2,3)18-10-12-19(13-11-18)23-15-14-21(25)24-16-6-8-17-7-4-5-9-20(17)24/h4-5,7,9-13,23H,6,8,14-16H2,1-3H3. The van der Waals surface area contributed by atoms with Crippen LogP contribution in [0.15, 0.2) is 48.5 Å². The molecule has 25 heavy (non-hydrogen) atoms. The molecule has 1 N–H and O–H groups in total. The van der Waals surface area contributed by atoms with Gasteiger partial charge in [-0.25, -0.2) is 0 Å². The van der Waals surface area contributed by atoms with Crippen molar-refractivity contribution in [1.29, 1.82) is 0 Å². The zero-order valence-electron chi connectivity index (χ0n) is 15.5. The van der Waals surface area contributed by atoms with Crippen molar-refractivity contribution in [2.24, 2.45) is 0 Å². The number of anilines is 2. The first kappa shape index (κ1) is 17.5. The molecular formula is C22H28N2O. The number of hydrogen-bond acceptors (Lipinski definition) is 2. The van der Waals surface area contributed by atoms with Crippen molar-refractivity contribution >= 4 is 17.3 Å². The summed E-state index contributed by atoms with van der Waals surface area (Å²) in [5, 5.41) is 3.37. The van der Waals surface area contributed by atoms with Crippen LogP contribution < -0.4 is 10.2 Å². The summed E-state index contributed by atoms with van der Waals surface area (Å²) >= 11 is 0. The van der Waals surface area contributed by atoms with Crippen molar-refractivity contribution < 1.29 is 4.79 Å². The summed E-state index contributed by atoms with van der Waals surface area (Å²) in [6.45, 7) is 8.13. The topological polar surface area (TPSA) is 32.3 Å². The molecule has 0 unspecified atom stereocenters. The predicted octanol–water partition coefficient (Wildman–Crippen LogP) is 4.77. The average Bonchev–Trinajstić information content (AvgIpc) is 2.61. The third kappa shape index (κ3) is 4.22. The van der Waals surface area contributed by atoms with E-state index in [1.165, 1.54) is 11.1 Å². The molecule has 0 atom stereocenters. The van der Waals surface area contributed by atoms with Crippen LogP contribution in [0.3, 0.4) is 0 Å². The number of nitrogens with zero attached hydrogens (tertiary/aromatic N) is 1. The third-order valence-corrected chi connectivity index (χ3v) is 4.83. The first-order valence-electron chi connectivity index (χ1n) is 9.18. The van der Waals surface area contributed by atoms with Crippen LogP contribution in [-0.4, -0.2) is 19.0 Å². The summed E-state index contributed by atoms with van der Waals surface area (Å²) in [7, 11) is 0. The number of para-hydroxylation sites is 1. The molecule has 0 fully saturated rings. The summed E-state index contributed by atoms with van der Waals surface area (Å²) in [6.07, 6.45) is 2.62. The SMILES string of the molecule is CC(C)(C)c1ccc(NCCC(=O)N2CCCc3ccccc32)cc1. The van der Waals surface area contributed by atoms with Gasteiger partial charge in [0, 0.05) is 30.9 Å². The lowest BCUT2D eigenvalue weighted by Gasteiger charge is -2.29. The molecular weight excluding hydrogens is 308 g/mol. The van der Waals surface area contributed by atoms with Crippen molar-refractivity contribution in [1.82, 2.24) is 0 Å². The van der Waals surface area contributed by atoms with E-state index < -0.39 is 0 Å². The number of carbonyl (C=O) groups excluding carboxylic acids is 1. The Morgan fingerprint density at radius 3 is 2.52 bits per heavy atom. The normalized spacial score (nSPS) is 14.1. The Labute approximate surface area is 151 Å². The highest BCUT2D eigenvalue weighted by molar-refractivity contribution is 5.94. The van der Waals surface area contributed by atoms with E-state index in [1.54, 1.807) is 0 Å². The number of hydrogen-bond donors (Lipinski definition) is 1. The molecule has 3 nitrogen and oxygen atoms in total. The van der Waals surface area contributed by atoms with Crippen LogP contribution in [0.2, 0.25) is 0 Å². The Bertz CT molecular complexity index is 728. The molecule has 132 valence electrons. The van der Waals surface area contributed by atoms with Crippen molar-refractivity contribution in [3.8, 4) is 0 Å². The Kier molecular flexibility index (Phi) is 5.12. The Hall–Kier alpha value is -2.29. The maximum atomic E-state index is 12.6. The van der Waals surface area contributed by atoms with E-state index in [4.69, 9.17) is 0 Å². The average molecular weight is 336 g/mol. The molecule has 0 saturated carbocycles.